The van der Waals surface area contributed by atoms with Crippen molar-refractivity contribution >= 4 is 58.9 Å². The van der Waals surface area contributed by atoms with Gasteiger partial charge in [0.1, 0.15) is 0 Å². The van der Waals surface area contributed by atoms with Crippen molar-refractivity contribution in [2.45, 2.75) is 31.6 Å². The Morgan fingerprint density at radius 3 is 2.60 bits per heavy atom. The number of aromatic nitrogens is 1. The maximum atomic E-state index is 9.58. The van der Waals surface area contributed by atoms with Crippen molar-refractivity contribution in [3.05, 3.63) is 143 Å². The molecule has 3 heteroatoms. The Labute approximate surface area is 254 Å². The van der Waals surface area contributed by atoms with E-state index in [1.807, 2.05) is 23.5 Å². The summed E-state index contributed by atoms with van der Waals surface area (Å²) in [7, 11) is 0. The molecule has 204 valence electrons. The molecule has 0 fully saturated rings. The molecule has 2 aromatic heterocycles. The molecular weight excluding hydrogens is 541 g/mol. The lowest BCUT2D eigenvalue weighted by atomic mass is 9.74. The van der Waals surface area contributed by atoms with E-state index in [0.29, 0.717) is 11.5 Å². The zero-order valence-corrected chi connectivity index (χ0v) is 24.5. The summed E-state index contributed by atoms with van der Waals surface area (Å²) >= 11 is 1.82. The first-order valence-electron chi connectivity index (χ1n) is 15.2. The average molecular weight is 569 g/mol. The molecule has 7 aromatic rings. The molecule has 0 saturated carbocycles. The number of hydrogen-bond donors (Lipinski definition) is 0. The summed E-state index contributed by atoms with van der Waals surface area (Å²) in [6.07, 6.45) is 9.54. The Bertz CT molecular complexity index is 2370. The molecule has 43 heavy (non-hydrogen) atoms. The Hall–Kier alpha value is -4.91. The highest BCUT2D eigenvalue weighted by Gasteiger charge is 2.27. The van der Waals surface area contributed by atoms with Gasteiger partial charge in [-0.25, -0.2) is 0 Å². The number of nitriles is 1. The zero-order valence-electron chi connectivity index (χ0n) is 23.7. The van der Waals surface area contributed by atoms with Gasteiger partial charge in [0.15, 0.2) is 0 Å². The Balaban J connectivity index is 1.31. The van der Waals surface area contributed by atoms with Crippen molar-refractivity contribution in [1.82, 2.24) is 4.57 Å². The fraction of sp³-hybridized carbons (Fsp3) is 0.125. The minimum atomic E-state index is 0.531. The van der Waals surface area contributed by atoms with Crippen molar-refractivity contribution in [2.75, 3.05) is 0 Å². The summed E-state index contributed by atoms with van der Waals surface area (Å²) in [5.74, 6) is 0.531. The van der Waals surface area contributed by atoms with Crippen LogP contribution in [0, 0.1) is 11.3 Å². The first-order valence-corrected chi connectivity index (χ1v) is 16.0. The highest BCUT2D eigenvalue weighted by atomic mass is 32.1. The van der Waals surface area contributed by atoms with Crippen LogP contribution in [-0.4, -0.2) is 4.57 Å². The Morgan fingerprint density at radius 2 is 1.65 bits per heavy atom. The van der Waals surface area contributed by atoms with E-state index in [2.05, 4.69) is 114 Å². The smallest absolute Gasteiger partial charge is 0.0991 e. The second-order valence-corrected chi connectivity index (χ2v) is 12.9. The lowest BCUT2D eigenvalue weighted by molar-refractivity contribution is 0.629. The van der Waals surface area contributed by atoms with E-state index < -0.39 is 0 Å². The quantitative estimate of drug-likeness (QED) is 0.208. The maximum absolute atomic E-state index is 9.58. The molecule has 2 aliphatic carbocycles. The largest absolute Gasteiger partial charge is 0.308 e. The number of thiophene rings is 1. The van der Waals surface area contributed by atoms with Crippen LogP contribution in [0.5, 0.6) is 0 Å². The van der Waals surface area contributed by atoms with Gasteiger partial charge in [-0.1, -0.05) is 84.9 Å². The number of nitrogens with zero attached hydrogens (tertiary/aromatic N) is 2. The molecule has 1 unspecified atom stereocenters. The van der Waals surface area contributed by atoms with E-state index in [9.17, 15) is 5.26 Å². The van der Waals surface area contributed by atoms with Crippen LogP contribution < -0.4 is 0 Å². The van der Waals surface area contributed by atoms with Crippen molar-refractivity contribution in [1.29, 1.82) is 5.26 Å². The van der Waals surface area contributed by atoms with Gasteiger partial charge in [-0.2, -0.15) is 5.26 Å². The normalized spacial score (nSPS) is 16.2. The second-order valence-electron chi connectivity index (χ2n) is 11.9. The maximum Gasteiger partial charge on any atom is 0.0991 e. The molecule has 0 aliphatic heterocycles. The van der Waals surface area contributed by atoms with Gasteiger partial charge in [-0.3, -0.25) is 0 Å². The molecule has 9 rings (SSSR count). The van der Waals surface area contributed by atoms with Gasteiger partial charge in [-0.15, -0.1) is 11.3 Å². The van der Waals surface area contributed by atoms with Gasteiger partial charge in [0.05, 0.1) is 33.1 Å². The summed E-state index contributed by atoms with van der Waals surface area (Å²) in [6.45, 7) is 0. The topological polar surface area (TPSA) is 28.7 Å². The summed E-state index contributed by atoms with van der Waals surface area (Å²) < 4.78 is 4.96. The van der Waals surface area contributed by atoms with E-state index in [4.69, 9.17) is 0 Å². The first kappa shape index (κ1) is 24.7. The average Bonchev–Trinajstić information content (AvgIpc) is 3.61. The molecule has 5 aromatic carbocycles. The molecule has 0 N–H and O–H groups in total. The van der Waals surface area contributed by atoms with Gasteiger partial charge < -0.3 is 4.57 Å². The highest BCUT2D eigenvalue weighted by Crippen LogP contribution is 2.46. The van der Waals surface area contributed by atoms with Crippen LogP contribution in [0.2, 0.25) is 0 Å². The monoisotopic (exact) mass is 568 g/mol. The van der Waals surface area contributed by atoms with Crippen LogP contribution in [0.1, 0.15) is 47.4 Å². The van der Waals surface area contributed by atoms with Crippen molar-refractivity contribution in [2.24, 2.45) is 0 Å². The molecule has 0 spiro atoms. The fourth-order valence-corrected chi connectivity index (χ4v) is 8.82. The van der Waals surface area contributed by atoms with Crippen LogP contribution in [0.25, 0.3) is 53.2 Å². The van der Waals surface area contributed by atoms with Gasteiger partial charge in [0, 0.05) is 38.6 Å². The molecule has 0 saturated heterocycles. The van der Waals surface area contributed by atoms with Crippen LogP contribution in [0.15, 0.2) is 121 Å². The molecule has 1 atom stereocenters. The molecule has 2 nitrogen and oxygen atoms in total. The van der Waals surface area contributed by atoms with E-state index in [0.717, 1.165) is 11.8 Å². The number of benzene rings is 5. The van der Waals surface area contributed by atoms with Gasteiger partial charge in [0.25, 0.3) is 0 Å². The van der Waals surface area contributed by atoms with Gasteiger partial charge >= 0.3 is 0 Å². The van der Waals surface area contributed by atoms with E-state index in [1.54, 1.807) is 0 Å². The third kappa shape index (κ3) is 3.70. The number of rotatable bonds is 3. The molecule has 0 radical (unpaired) electrons. The Morgan fingerprint density at radius 1 is 0.814 bits per heavy atom. The van der Waals surface area contributed by atoms with E-state index in [1.165, 1.54) is 89.4 Å². The second kappa shape index (κ2) is 9.56. The van der Waals surface area contributed by atoms with Crippen LogP contribution in [-0.2, 0) is 6.42 Å². The van der Waals surface area contributed by atoms with Crippen molar-refractivity contribution < 1.29 is 0 Å². The van der Waals surface area contributed by atoms with E-state index >= 15 is 0 Å². The van der Waals surface area contributed by atoms with Crippen LogP contribution in [0.3, 0.4) is 0 Å². The Kier molecular flexibility index (Phi) is 5.48. The third-order valence-electron chi connectivity index (χ3n) is 9.51. The number of allylic oxidation sites excluding steroid dienone is 4. The predicted molar refractivity (Wildman–Crippen MR) is 181 cm³/mol. The minimum absolute atomic E-state index is 0.531. The number of hydrogen-bond acceptors (Lipinski definition) is 2. The highest BCUT2D eigenvalue weighted by molar-refractivity contribution is 7.26. The minimum Gasteiger partial charge on any atom is -0.308 e. The molecule has 2 heterocycles. The molecular formula is C40H28N2S. The lowest BCUT2D eigenvalue weighted by Crippen LogP contribution is -2.13. The molecule has 0 bridgehead atoms. The summed E-state index contributed by atoms with van der Waals surface area (Å²) in [5.41, 5.74) is 11.6. The SMILES string of the molecule is N#Cc1ccc2sc3c(-n4c5ccccc5c5cccc(CC6=CC7=CCCCC7c7ccccc76)c54)cccc3c2c1. The fourth-order valence-electron chi connectivity index (χ4n) is 7.63. The lowest BCUT2D eigenvalue weighted by Gasteiger charge is -2.31. The zero-order chi connectivity index (χ0) is 28.5. The van der Waals surface area contributed by atoms with Crippen molar-refractivity contribution in [3.8, 4) is 11.8 Å². The number of para-hydroxylation sites is 2. The summed E-state index contributed by atoms with van der Waals surface area (Å²) in [6, 6.07) is 39.8. The summed E-state index contributed by atoms with van der Waals surface area (Å²) in [5, 5.41) is 14.5. The third-order valence-corrected chi connectivity index (χ3v) is 10.7. The number of fused-ring (bicyclic) bond motifs is 9. The summed E-state index contributed by atoms with van der Waals surface area (Å²) in [4.78, 5) is 0. The van der Waals surface area contributed by atoms with Crippen LogP contribution >= 0.6 is 11.3 Å². The van der Waals surface area contributed by atoms with E-state index in [-0.39, 0.29) is 0 Å². The first-order chi connectivity index (χ1) is 21.3. The van der Waals surface area contributed by atoms with Crippen molar-refractivity contribution in [3.63, 3.8) is 0 Å². The molecule has 0 amide bonds. The molecule has 2 aliphatic rings. The van der Waals surface area contributed by atoms with Gasteiger partial charge in [0.2, 0.25) is 0 Å². The van der Waals surface area contributed by atoms with Crippen LogP contribution in [0.4, 0.5) is 0 Å². The van der Waals surface area contributed by atoms with Gasteiger partial charge in [-0.05, 0) is 77.4 Å². The standard InChI is InChI=1S/C40H28N2S/c41-24-25-19-20-38-35(21-25)34-16-8-18-37(40(34)43-38)42-36-17-6-5-14-32(36)33-15-7-10-27(39(33)42)23-28-22-26-9-1-2-11-29(26)31-13-4-3-12-30(28)31/h3-10,12-22,29H,1-2,11,23H2. The predicted octanol–water partition coefficient (Wildman–Crippen LogP) is 10.9.